The van der Waals surface area contributed by atoms with Crippen LogP contribution in [0.3, 0.4) is 0 Å². The maximum atomic E-state index is 10.3. The SMILES string of the molecule is CCC(CS(=O)O)S(=O)O. The van der Waals surface area contributed by atoms with Crippen LogP contribution in [0, 0.1) is 0 Å². The molecule has 3 unspecified atom stereocenters. The summed E-state index contributed by atoms with van der Waals surface area (Å²) >= 11 is -3.95. The number of rotatable bonds is 4. The quantitative estimate of drug-likeness (QED) is 0.615. The second-order valence-electron chi connectivity index (χ2n) is 1.79. The van der Waals surface area contributed by atoms with Crippen molar-refractivity contribution >= 4 is 22.2 Å². The van der Waals surface area contributed by atoms with Gasteiger partial charge in [0.2, 0.25) is 0 Å². The highest BCUT2D eigenvalue weighted by atomic mass is 32.2. The van der Waals surface area contributed by atoms with E-state index in [2.05, 4.69) is 0 Å². The first-order chi connectivity index (χ1) is 4.57. The monoisotopic (exact) mass is 186 g/mol. The van der Waals surface area contributed by atoms with Crippen LogP contribution in [0.1, 0.15) is 13.3 Å². The summed E-state index contributed by atoms with van der Waals surface area (Å²) in [5.74, 6) is -0.125. The third-order valence-corrected chi connectivity index (χ3v) is 3.04. The minimum Gasteiger partial charge on any atom is -0.306 e. The van der Waals surface area contributed by atoms with Crippen LogP contribution in [0.2, 0.25) is 0 Å². The summed E-state index contributed by atoms with van der Waals surface area (Å²) in [5.41, 5.74) is 0. The van der Waals surface area contributed by atoms with Gasteiger partial charge < -0.3 is 9.11 Å². The highest BCUT2D eigenvalue weighted by Gasteiger charge is 2.14. The molecule has 0 aliphatic heterocycles. The molecule has 0 heterocycles. The summed E-state index contributed by atoms with van der Waals surface area (Å²) in [5, 5.41) is -0.578. The van der Waals surface area contributed by atoms with Gasteiger partial charge in [0.1, 0.15) is 0 Å². The van der Waals surface area contributed by atoms with Crippen molar-refractivity contribution in [2.24, 2.45) is 0 Å². The molecule has 0 saturated carbocycles. The van der Waals surface area contributed by atoms with Crippen LogP contribution in [0.4, 0.5) is 0 Å². The summed E-state index contributed by atoms with van der Waals surface area (Å²) in [6.07, 6.45) is 0.440. The van der Waals surface area contributed by atoms with E-state index in [0.717, 1.165) is 0 Å². The van der Waals surface area contributed by atoms with Crippen molar-refractivity contribution in [3.8, 4) is 0 Å². The van der Waals surface area contributed by atoms with Crippen LogP contribution in [-0.2, 0) is 22.2 Å². The van der Waals surface area contributed by atoms with Gasteiger partial charge in [0.25, 0.3) is 0 Å². The predicted octanol–water partition coefficient (Wildman–Crippen LogP) is 0.208. The molecule has 10 heavy (non-hydrogen) atoms. The average Bonchev–Trinajstić information content (AvgIpc) is 1.81. The zero-order chi connectivity index (χ0) is 8.15. The van der Waals surface area contributed by atoms with E-state index in [4.69, 9.17) is 9.11 Å². The Balaban J connectivity index is 3.83. The van der Waals surface area contributed by atoms with E-state index in [0.29, 0.717) is 6.42 Å². The number of hydrogen-bond donors (Lipinski definition) is 2. The maximum absolute atomic E-state index is 10.3. The van der Waals surface area contributed by atoms with E-state index in [1.54, 1.807) is 6.92 Å². The predicted molar refractivity (Wildman–Crippen MR) is 40.5 cm³/mol. The summed E-state index contributed by atoms with van der Waals surface area (Å²) in [4.78, 5) is 0. The molecule has 0 spiro atoms. The molecule has 0 fully saturated rings. The Labute approximate surface area is 64.6 Å². The molecular formula is C4H10O4S2. The summed E-state index contributed by atoms with van der Waals surface area (Å²) in [6, 6.07) is 0. The fourth-order valence-corrected chi connectivity index (χ4v) is 2.13. The van der Waals surface area contributed by atoms with Crippen molar-refractivity contribution in [3.63, 3.8) is 0 Å². The van der Waals surface area contributed by atoms with E-state index in [9.17, 15) is 8.42 Å². The van der Waals surface area contributed by atoms with E-state index < -0.39 is 27.4 Å². The molecule has 0 aliphatic carbocycles. The van der Waals surface area contributed by atoms with Crippen LogP contribution in [0.25, 0.3) is 0 Å². The largest absolute Gasteiger partial charge is 0.306 e. The Hall–Kier alpha value is 0.220. The Kier molecular flexibility index (Phi) is 5.06. The first-order valence-electron chi connectivity index (χ1n) is 2.75. The van der Waals surface area contributed by atoms with Gasteiger partial charge >= 0.3 is 0 Å². The highest BCUT2D eigenvalue weighted by molar-refractivity contribution is 7.83. The minimum absolute atomic E-state index is 0.125. The van der Waals surface area contributed by atoms with Gasteiger partial charge in [-0.3, -0.25) is 0 Å². The molecule has 2 N–H and O–H groups in total. The summed E-state index contributed by atoms with van der Waals surface area (Å²) < 4.78 is 37.3. The van der Waals surface area contributed by atoms with Gasteiger partial charge in [0, 0.05) is 0 Å². The molecule has 0 aromatic heterocycles. The fraction of sp³-hybridized carbons (Fsp3) is 1.00. The van der Waals surface area contributed by atoms with Crippen LogP contribution in [0.5, 0.6) is 0 Å². The molecule has 62 valence electrons. The van der Waals surface area contributed by atoms with Gasteiger partial charge in [-0.15, -0.1) is 0 Å². The van der Waals surface area contributed by atoms with E-state index in [1.807, 2.05) is 0 Å². The van der Waals surface area contributed by atoms with Crippen molar-refractivity contribution in [1.29, 1.82) is 0 Å². The third-order valence-electron chi connectivity index (χ3n) is 1.07. The standard InChI is InChI=1S/C4H10O4S2/c1-2-4(10(7)8)3-9(5)6/h4H,2-3H2,1H3,(H,5,6)(H,7,8). The molecule has 0 saturated heterocycles. The van der Waals surface area contributed by atoms with Crippen LogP contribution in [0.15, 0.2) is 0 Å². The van der Waals surface area contributed by atoms with Crippen molar-refractivity contribution in [3.05, 3.63) is 0 Å². The molecule has 0 aliphatic rings. The fourth-order valence-electron chi connectivity index (χ4n) is 0.478. The van der Waals surface area contributed by atoms with Crippen molar-refractivity contribution in [1.82, 2.24) is 0 Å². The van der Waals surface area contributed by atoms with Crippen molar-refractivity contribution in [2.45, 2.75) is 18.6 Å². The Morgan fingerprint density at radius 1 is 1.40 bits per heavy atom. The molecule has 6 heteroatoms. The Bertz CT molecular complexity index is 146. The minimum atomic E-state index is -1.98. The van der Waals surface area contributed by atoms with Crippen molar-refractivity contribution < 1.29 is 17.5 Å². The summed E-state index contributed by atoms with van der Waals surface area (Å²) in [6.45, 7) is 1.70. The third kappa shape index (κ3) is 4.10. The second kappa shape index (κ2) is 4.95. The molecule has 0 amide bonds. The van der Waals surface area contributed by atoms with Gasteiger partial charge in [-0.05, 0) is 6.42 Å². The van der Waals surface area contributed by atoms with E-state index in [1.165, 1.54) is 0 Å². The normalized spacial score (nSPS) is 19.9. The van der Waals surface area contributed by atoms with Gasteiger partial charge in [-0.2, -0.15) is 0 Å². The zero-order valence-corrected chi connectivity index (χ0v) is 7.15. The molecule has 0 bridgehead atoms. The topological polar surface area (TPSA) is 74.6 Å². The zero-order valence-electron chi connectivity index (χ0n) is 5.52. The maximum Gasteiger partial charge on any atom is 0.157 e. The lowest BCUT2D eigenvalue weighted by Crippen LogP contribution is -2.20. The van der Waals surface area contributed by atoms with Gasteiger partial charge in [0.15, 0.2) is 22.2 Å². The highest BCUT2D eigenvalue weighted by Crippen LogP contribution is 2.00. The van der Waals surface area contributed by atoms with Crippen molar-refractivity contribution in [2.75, 3.05) is 5.75 Å². The summed E-state index contributed by atoms with van der Waals surface area (Å²) in [7, 11) is 0. The van der Waals surface area contributed by atoms with Gasteiger partial charge in [-0.1, -0.05) is 6.92 Å². The first kappa shape index (κ1) is 10.2. The molecule has 3 atom stereocenters. The van der Waals surface area contributed by atoms with E-state index >= 15 is 0 Å². The smallest absolute Gasteiger partial charge is 0.157 e. The van der Waals surface area contributed by atoms with E-state index in [-0.39, 0.29) is 5.75 Å². The molecule has 0 rings (SSSR count). The lowest BCUT2D eigenvalue weighted by Gasteiger charge is -2.05. The number of hydrogen-bond acceptors (Lipinski definition) is 2. The second-order valence-corrected chi connectivity index (χ2v) is 3.99. The van der Waals surface area contributed by atoms with Gasteiger partial charge in [-0.25, -0.2) is 8.42 Å². The lowest BCUT2D eigenvalue weighted by atomic mass is 10.4. The van der Waals surface area contributed by atoms with Crippen LogP contribution in [-0.4, -0.2) is 28.5 Å². The molecule has 0 aromatic carbocycles. The average molecular weight is 186 g/mol. The first-order valence-corrected chi connectivity index (χ1v) is 5.19. The lowest BCUT2D eigenvalue weighted by molar-refractivity contribution is 0.537. The molecule has 0 radical (unpaired) electrons. The van der Waals surface area contributed by atoms with Crippen LogP contribution >= 0.6 is 0 Å². The van der Waals surface area contributed by atoms with Crippen LogP contribution < -0.4 is 0 Å². The Morgan fingerprint density at radius 3 is 2.00 bits per heavy atom. The Morgan fingerprint density at radius 2 is 1.90 bits per heavy atom. The van der Waals surface area contributed by atoms with Gasteiger partial charge in [0.05, 0.1) is 11.0 Å². The molecule has 4 nitrogen and oxygen atoms in total. The molecular weight excluding hydrogens is 176 g/mol. The molecule has 0 aromatic rings.